The van der Waals surface area contributed by atoms with E-state index in [0.29, 0.717) is 12.1 Å². The van der Waals surface area contributed by atoms with Gasteiger partial charge in [-0.15, -0.1) is 5.10 Å². The van der Waals surface area contributed by atoms with Crippen molar-refractivity contribution >= 4 is 16.5 Å². The van der Waals surface area contributed by atoms with Crippen molar-refractivity contribution in [2.24, 2.45) is 0 Å². The summed E-state index contributed by atoms with van der Waals surface area (Å²) in [6.45, 7) is 3.39. The predicted octanol–water partition coefficient (Wildman–Crippen LogP) is 5.35. The Labute approximate surface area is 215 Å². The minimum atomic E-state index is -0.377. The highest BCUT2D eigenvalue weighted by atomic mass is 19.1. The van der Waals surface area contributed by atoms with E-state index in [2.05, 4.69) is 37.6 Å². The number of tetrazole rings is 1. The van der Waals surface area contributed by atoms with E-state index in [-0.39, 0.29) is 23.5 Å². The van der Waals surface area contributed by atoms with Crippen molar-refractivity contribution in [3.63, 3.8) is 0 Å². The van der Waals surface area contributed by atoms with Gasteiger partial charge < -0.3 is 4.98 Å². The number of aryl methyl sites for hydroxylation is 1. The molecule has 1 atom stereocenters. The molecule has 0 unspecified atom stereocenters. The van der Waals surface area contributed by atoms with Crippen LogP contribution in [0.4, 0.5) is 4.39 Å². The molecule has 0 radical (unpaired) electrons. The van der Waals surface area contributed by atoms with Crippen molar-refractivity contribution in [3.8, 4) is 0 Å². The fourth-order valence-corrected chi connectivity index (χ4v) is 5.85. The fourth-order valence-electron chi connectivity index (χ4n) is 5.85. The maximum absolute atomic E-state index is 13.5. The molecule has 1 aliphatic heterocycles. The number of nitrogens with zero attached hydrogens (tertiary/aromatic N) is 5. The average Bonchev–Trinajstić information content (AvgIpc) is 3.40. The molecule has 190 valence electrons. The van der Waals surface area contributed by atoms with Gasteiger partial charge in [-0.1, -0.05) is 49.6 Å². The molecule has 3 heterocycles. The van der Waals surface area contributed by atoms with Crippen LogP contribution < -0.4 is 5.56 Å². The van der Waals surface area contributed by atoms with Crippen molar-refractivity contribution in [1.29, 1.82) is 0 Å². The lowest BCUT2D eigenvalue weighted by Crippen LogP contribution is -2.38. The van der Waals surface area contributed by atoms with E-state index in [1.165, 1.54) is 24.1 Å². The number of aromatic amines is 1. The van der Waals surface area contributed by atoms with Crippen LogP contribution in [-0.4, -0.2) is 43.2 Å². The zero-order chi connectivity index (χ0) is 25.4. The minimum absolute atomic E-state index is 0.116. The van der Waals surface area contributed by atoms with Gasteiger partial charge in [0.2, 0.25) is 0 Å². The molecule has 2 aromatic heterocycles. The van der Waals surface area contributed by atoms with Crippen LogP contribution in [0.1, 0.15) is 73.1 Å². The van der Waals surface area contributed by atoms with E-state index < -0.39 is 0 Å². The number of fused-ring (bicyclic) bond motifs is 1. The van der Waals surface area contributed by atoms with Gasteiger partial charge in [0.1, 0.15) is 11.9 Å². The molecule has 37 heavy (non-hydrogen) atoms. The van der Waals surface area contributed by atoms with Crippen molar-refractivity contribution < 1.29 is 4.39 Å². The predicted molar refractivity (Wildman–Crippen MR) is 142 cm³/mol. The second-order valence-corrected chi connectivity index (χ2v) is 10.3. The summed E-state index contributed by atoms with van der Waals surface area (Å²) in [5, 5.41) is 14.0. The molecule has 2 aliphatic rings. The number of halogens is 1. The number of hydrogen-bond donors (Lipinski definition) is 1. The number of hydrogen-bond acceptors (Lipinski definition) is 5. The summed E-state index contributed by atoms with van der Waals surface area (Å²) in [5.41, 5.74) is 4.68. The van der Waals surface area contributed by atoms with Crippen LogP contribution in [0.5, 0.6) is 0 Å². The van der Waals surface area contributed by atoms with Crippen LogP contribution >= 0.6 is 0 Å². The lowest BCUT2D eigenvalue weighted by atomic mass is 9.94. The van der Waals surface area contributed by atoms with Crippen LogP contribution in [0.15, 0.2) is 59.4 Å². The second-order valence-electron chi connectivity index (χ2n) is 10.3. The zero-order valence-electron chi connectivity index (χ0n) is 21.0. The molecule has 4 aromatic rings. The molecule has 0 spiro atoms. The first-order chi connectivity index (χ1) is 18.1. The van der Waals surface area contributed by atoms with E-state index in [9.17, 15) is 9.18 Å². The quantitative estimate of drug-likeness (QED) is 0.402. The maximum Gasteiger partial charge on any atom is 0.253 e. The summed E-state index contributed by atoms with van der Waals surface area (Å²) < 4.78 is 15.4. The number of benzene rings is 2. The van der Waals surface area contributed by atoms with Gasteiger partial charge in [0, 0.05) is 24.2 Å². The summed E-state index contributed by atoms with van der Waals surface area (Å²) in [7, 11) is 0. The number of H-pyrrole nitrogens is 1. The van der Waals surface area contributed by atoms with Crippen molar-refractivity contribution in [1.82, 2.24) is 30.1 Å². The first kappa shape index (κ1) is 23.7. The molecule has 0 saturated heterocycles. The number of pyridine rings is 1. The lowest BCUT2D eigenvalue weighted by molar-refractivity contribution is 0.221. The Morgan fingerprint density at radius 2 is 1.86 bits per heavy atom. The maximum atomic E-state index is 13.5. The summed E-state index contributed by atoms with van der Waals surface area (Å²) in [5.74, 6) is 0.490. The third-order valence-corrected chi connectivity index (χ3v) is 7.83. The van der Waals surface area contributed by atoms with E-state index in [1.54, 1.807) is 0 Å². The molecule has 7 nitrogen and oxygen atoms in total. The number of aromatic nitrogens is 5. The van der Waals surface area contributed by atoms with E-state index in [0.717, 1.165) is 66.5 Å². The van der Waals surface area contributed by atoms with Gasteiger partial charge in [-0.05, 0) is 83.0 Å². The SMILES string of the molecule is Cc1ccc2cc([C@@H](c3nnnn3C3CCCCC3)N3CC=C(c4ccc(F)cc4)CC3)c(=O)[nH]c2c1. The molecule has 0 amide bonds. The van der Waals surface area contributed by atoms with Crippen LogP contribution in [0, 0.1) is 12.7 Å². The van der Waals surface area contributed by atoms with Gasteiger partial charge in [-0.2, -0.15) is 0 Å². The Hall–Kier alpha value is -3.65. The highest BCUT2D eigenvalue weighted by Crippen LogP contribution is 2.35. The molecule has 8 heteroatoms. The fraction of sp³-hybridized carbons (Fsp3) is 0.379. The monoisotopic (exact) mass is 498 g/mol. The normalized spacial score (nSPS) is 18.2. The second kappa shape index (κ2) is 10.0. The molecule has 0 bridgehead atoms. The summed E-state index contributed by atoms with van der Waals surface area (Å²) in [4.78, 5) is 18.9. The van der Waals surface area contributed by atoms with Crippen LogP contribution in [0.25, 0.3) is 16.5 Å². The molecule has 1 aliphatic carbocycles. The van der Waals surface area contributed by atoms with Crippen LogP contribution in [0.2, 0.25) is 0 Å². The Morgan fingerprint density at radius 3 is 2.62 bits per heavy atom. The zero-order valence-corrected chi connectivity index (χ0v) is 21.0. The topological polar surface area (TPSA) is 79.7 Å². The van der Waals surface area contributed by atoms with Gasteiger partial charge in [0.15, 0.2) is 5.82 Å². The van der Waals surface area contributed by atoms with Crippen LogP contribution in [-0.2, 0) is 0 Å². The molecule has 2 aromatic carbocycles. The first-order valence-corrected chi connectivity index (χ1v) is 13.2. The highest BCUT2D eigenvalue weighted by Gasteiger charge is 2.33. The van der Waals surface area contributed by atoms with Gasteiger partial charge >= 0.3 is 0 Å². The Bertz CT molecular complexity index is 1500. The minimum Gasteiger partial charge on any atom is -0.322 e. The van der Waals surface area contributed by atoms with Crippen molar-refractivity contribution in [3.05, 3.63) is 93.3 Å². The third kappa shape index (κ3) is 4.73. The standard InChI is InChI=1S/C29H31FN6O/c1-19-7-8-22-18-25(29(37)31-26(22)17-19)27(28-32-33-34-36(28)24-5-3-2-4-6-24)35-15-13-21(14-16-35)20-9-11-23(30)12-10-20/h7-13,17-18,24,27H,2-6,14-16H2,1H3,(H,31,37)/t27-/m0/s1. The Kier molecular flexibility index (Phi) is 6.42. The third-order valence-electron chi connectivity index (χ3n) is 7.83. The molecular formula is C29H31FN6O. The first-order valence-electron chi connectivity index (χ1n) is 13.2. The molecule has 1 N–H and O–H groups in total. The van der Waals surface area contributed by atoms with Gasteiger partial charge in [-0.3, -0.25) is 9.69 Å². The van der Waals surface area contributed by atoms with E-state index in [4.69, 9.17) is 0 Å². The van der Waals surface area contributed by atoms with Gasteiger partial charge in [0.25, 0.3) is 5.56 Å². The summed E-state index contributed by atoms with van der Waals surface area (Å²) >= 11 is 0. The molecule has 1 fully saturated rings. The number of nitrogens with one attached hydrogen (secondary N) is 1. The molecule has 1 saturated carbocycles. The molecule has 6 rings (SSSR count). The van der Waals surface area contributed by atoms with E-state index in [1.807, 2.05) is 41.9 Å². The Morgan fingerprint density at radius 1 is 1.05 bits per heavy atom. The van der Waals surface area contributed by atoms with Gasteiger partial charge in [0.05, 0.1) is 6.04 Å². The lowest BCUT2D eigenvalue weighted by Gasteiger charge is -2.34. The summed E-state index contributed by atoms with van der Waals surface area (Å²) in [6, 6.07) is 14.6. The van der Waals surface area contributed by atoms with Gasteiger partial charge in [-0.25, -0.2) is 9.07 Å². The van der Waals surface area contributed by atoms with Crippen molar-refractivity contribution in [2.75, 3.05) is 13.1 Å². The number of rotatable bonds is 5. The van der Waals surface area contributed by atoms with E-state index >= 15 is 0 Å². The van der Waals surface area contributed by atoms with Crippen LogP contribution in [0.3, 0.4) is 0 Å². The smallest absolute Gasteiger partial charge is 0.253 e. The largest absolute Gasteiger partial charge is 0.322 e. The van der Waals surface area contributed by atoms with Crippen molar-refractivity contribution in [2.45, 2.75) is 57.5 Å². The average molecular weight is 499 g/mol. The molecular weight excluding hydrogens is 467 g/mol. The Balaban J connectivity index is 1.42. The summed E-state index contributed by atoms with van der Waals surface area (Å²) in [6.07, 6.45) is 8.63. The highest BCUT2D eigenvalue weighted by molar-refractivity contribution is 5.79.